The van der Waals surface area contributed by atoms with Gasteiger partial charge in [-0.05, 0) is 19.1 Å². The second-order valence-corrected chi connectivity index (χ2v) is 4.58. The predicted octanol–water partition coefficient (Wildman–Crippen LogP) is 1.33. The van der Waals surface area contributed by atoms with E-state index in [2.05, 4.69) is 5.32 Å². The van der Waals surface area contributed by atoms with E-state index >= 15 is 0 Å². The molecule has 3 amide bonds. The third-order valence-electron chi connectivity index (χ3n) is 2.89. The zero-order valence-electron chi connectivity index (χ0n) is 12.3. The highest BCUT2D eigenvalue weighted by Crippen LogP contribution is 2.15. The van der Waals surface area contributed by atoms with Crippen molar-refractivity contribution >= 4 is 23.6 Å². The lowest BCUT2D eigenvalue weighted by molar-refractivity contribution is -0.129. The highest BCUT2D eigenvalue weighted by Gasteiger charge is 2.18. The predicted molar refractivity (Wildman–Crippen MR) is 78.4 cm³/mol. The van der Waals surface area contributed by atoms with Gasteiger partial charge in [0, 0.05) is 20.6 Å². The SMILES string of the molecule is CCN(CC(=O)N(C)C)C(=O)Nc1ccccc1C(=O)O. The fraction of sp³-hybridized carbons (Fsp3) is 0.357. The highest BCUT2D eigenvalue weighted by molar-refractivity contribution is 6.00. The summed E-state index contributed by atoms with van der Waals surface area (Å²) in [6.45, 7) is 2.01. The maximum Gasteiger partial charge on any atom is 0.337 e. The van der Waals surface area contributed by atoms with Crippen LogP contribution in [-0.2, 0) is 4.79 Å². The molecule has 0 aliphatic rings. The summed E-state index contributed by atoms with van der Waals surface area (Å²) < 4.78 is 0. The molecule has 0 aliphatic carbocycles. The van der Waals surface area contributed by atoms with Gasteiger partial charge in [-0.2, -0.15) is 0 Å². The summed E-state index contributed by atoms with van der Waals surface area (Å²) in [4.78, 5) is 37.6. The number of hydrogen-bond donors (Lipinski definition) is 2. The van der Waals surface area contributed by atoms with Crippen molar-refractivity contribution in [3.05, 3.63) is 29.8 Å². The number of carbonyl (C=O) groups excluding carboxylic acids is 2. The number of anilines is 1. The van der Waals surface area contributed by atoms with E-state index in [-0.39, 0.29) is 23.7 Å². The van der Waals surface area contributed by atoms with Gasteiger partial charge in [0.15, 0.2) is 0 Å². The zero-order chi connectivity index (χ0) is 16.0. The van der Waals surface area contributed by atoms with Gasteiger partial charge >= 0.3 is 12.0 Å². The summed E-state index contributed by atoms with van der Waals surface area (Å²) in [6, 6.07) is 5.60. The molecular weight excluding hydrogens is 274 g/mol. The number of likely N-dealkylation sites (N-methyl/N-ethyl adjacent to an activating group) is 2. The largest absolute Gasteiger partial charge is 0.478 e. The van der Waals surface area contributed by atoms with Crippen molar-refractivity contribution in [1.29, 1.82) is 0 Å². The first-order valence-corrected chi connectivity index (χ1v) is 6.45. The van der Waals surface area contributed by atoms with Crippen molar-refractivity contribution < 1.29 is 19.5 Å². The zero-order valence-corrected chi connectivity index (χ0v) is 12.3. The van der Waals surface area contributed by atoms with E-state index in [1.54, 1.807) is 33.2 Å². The number of para-hydroxylation sites is 1. The average molecular weight is 293 g/mol. The number of hydrogen-bond acceptors (Lipinski definition) is 3. The second-order valence-electron chi connectivity index (χ2n) is 4.58. The maximum atomic E-state index is 12.1. The molecule has 7 nitrogen and oxygen atoms in total. The van der Waals surface area contributed by atoms with Gasteiger partial charge in [0.25, 0.3) is 0 Å². The van der Waals surface area contributed by atoms with Crippen LogP contribution in [0.25, 0.3) is 0 Å². The Hall–Kier alpha value is -2.57. The van der Waals surface area contributed by atoms with Gasteiger partial charge in [-0.1, -0.05) is 12.1 Å². The first-order valence-electron chi connectivity index (χ1n) is 6.45. The van der Waals surface area contributed by atoms with Gasteiger partial charge in [-0.3, -0.25) is 4.79 Å². The molecule has 0 fully saturated rings. The summed E-state index contributed by atoms with van der Waals surface area (Å²) in [7, 11) is 3.21. The Kier molecular flexibility index (Phi) is 5.71. The van der Waals surface area contributed by atoms with Crippen molar-refractivity contribution in [2.75, 3.05) is 32.5 Å². The molecule has 0 aromatic heterocycles. The van der Waals surface area contributed by atoms with Crippen molar-refractivity contribution in [1.82, 2.24) is 9.80 Å². The molecule has 0 spiro atoms. The van der Waals surface area contributed by atoms with Crippen LogP contribution in [0.15, 0.2) is 24.3 Å². The minimum absolute atomic E-state index is 0.000777. The smallest absolute Gasteiger partial charge is 0.337 e. The number of aromatic carboxylic acids is 1. The normalized spacial score (nSPS) is 9.86. The third kappa shape index (κ3) is 4.48. The number of benzene rings is 1. The minimum Gasteiger partial charge on any atom is -0.478 e. The quantitative estimate of drug-likeness (QED) is 0.857. The van der Waals surface area contributed by atoms with Crippen molar-refractivity contribution in [3.63, 3.8) is 0 Å². The number of carboxylic acid groups (broad SMARTS) is 1. The van der Waals surface area contributed by atoms with Crippen LogP contribution in [0.3, 0.4) is 0 Å². The number of nitrogens with zero attached hydrogens (tertiary/aromatic N) is 2. The molecule has 7 heteroatoms. The summed E-state index contributed by atoms with van der Waals surface area (Å²) in [5.74, 6) is -1.34. The Morgan fingerprint density at radius 1 is 1.19 bits per heavy atom. The van der Waals surface area contributed by atoms with Crippen LogP contribution in [0.2, 0.25) is 0 Å². The van der Waals surface area contributed by atoms with E-state index in [0.29, 0.717) is 6.54 Å². The van der Waals surface area contributed by atoms with Gasteiger partial charge in [-0.25, -0.2) is 9.59 Å². The molecule has 0 saturated carbocycles. The first kappa shape index (κ1) is 16.5. The summed E-state index contributed by atoms with van der Waals surface area (Å²) in [6.07, 6.45) is 0. The van der Waals surface area contributed by atoms with E-state index < -0.39 is 12.0 Å². The second kappa shape index (κ2) is 7.28. The van der Waals surface area contributed by atoms with Gasteiger partial charge in [-0.15, -0.1) is 0 Å². The van der Waals surface area contributed by atoms with Crippen LogP contribution in [0.1, 0.15) is 17.3 Å². The van der Waals surface area contributed by atoms with Crippen molar-refractivity contribution in [2.45, 2.75) is 6.92 Å². The van der Waals surface area contributed by atoms with Crippen LogP contribution in [0.4, 0.5) is 10.5 Å². The Labute approximate surface area is 123 Å². The summed E-state index contributed by atoms with van der Waals surface area (Å²) >= 11 is 0. The van der Waals surface area contributed by atoms with Crippen LogP contribution in [0.5, 0.6) is 0 Å². The standard InChI is InChI=1S/C14H19N3O4/c1-4-17(9-12(18)16(2)3)14(21)15-11-8-6-5-7-10(11)13(19)20/h5-8H,4,9H2,1-3H3,(H,15,21)(H,19,20). The summed E-state index contributed by atoms with van der Waals surface area (Å²) in [5, 5.41) is 11.6. The van der Waals surface area contributed by atoms with Crippen molar-refractivity contribution in [2.24, 2.45) is 0 Å². The molecule has 1 aromatic rings. The molecule has 0 bridgehead atoms. The maximum absolute atomic E-state index is 12.1. The van der Waals surface area contributed by atoms with Crippen LogP contribution in [-0.4, -0.2) is 60.0 Å². The molecular formula is C14H19N3O4. The Balaban J connectivity index is 2.84. The third-order valence-corrected chi connectivity index (χ3v) is 2.89. The minimum atomic E-state index is -1.13. The van der Waals surface area contributed by atoms with E-state index in [1.165, 1.54) is 21.9 Å². The number of carbonyl (C=O) groups is 3. The molecule has 2 N–H and O–H groups in total. The number of carboxylic acids is 1. The molecule has 0 heterocycles. The highest BCUT2D eigenvalue weighted by atomic mass is 16.4. The lowest BCUT2D eigenvalue weighted by atomic mass is 10.2. The van der Waals surface area contributed by atoms with Gasteiger partial charge < -0.3 is 20.2 Å². The van der Waals surface area contributed by atoms with Gasteiger partial charge in [0.1, 0.15) is 6.54 Å². The topological polar surface area (TPSA) is 90.0 Å². The molecule has 21 heavy (non-hydrogen) atoms. The molecule has 0 saturated heterocycles. The fourth-order valence-electron chi connectivity index (χ4n) is 1.60. The Morgan fingerprint density at radius 3 is 2.33 bits per heavy atom. The monoisotopic (exact) mass is 293 g/mol. The molecule has 0 aliphatic heterocycles. The molecule has 0 atom stereocenters. The fourth-order valence-corrected chi connectivity index (χ4v) is 1.60. The summed E-state index contributed by atoms with van der Waals surface area (Å²) in [5.41, 5.74) is 0.201. The lowest BCUT2D eigenvalue weighted by Crippen LogP contribution is -2.42. The van der Waals surface area contributed by atoms with E-state index in [0.717, 1.165) is 0 Å². The van der Waals surface area contributed by atoms with Gasteiger partial charge in [0.05, 0.1) is 11.3 Å². The molecule has 1 rings (SSSR count). The average Bonchev–Trinajstić information content (AvgIpc) is 2.44. The number of rotatable bonds is 5. The van der Waals surface area contributed by atoms with Crippen LogP contribution in [0, 0.1) is 0 Å². The lowest BCUT2D eigenvalue weighted by Gasteiger charge is -2.23. The van der Waals surface area contributed by atoms with Crippen molar-refractivity contribution in [3.8, 4) is 0 Å². The molecule has 0 unspecified atom stereocenters. The van der Waals surface area contributed by atoms with E-state index in [4.69, 9.17) is 5.11 Å². The molecule has 1 aromatic carbocycles. The van der Waals surface area contributed by atoms with Crippen LogP contribution < -0.4 is 5.32 Å². The molecule has 114 valence electrons. The Bertz CT molecular complexity index is 543. The number of urea groups is 1. The number of nitrogens with one attached hydrogen (secondary N) is 1. The number of amides is 3. The first-order chi connectivity index (χ1) is 9.86. The van der Waals surface area contributed by atoms with E-state index in [1.807, 2.05) is 0 Å². The van der Waals surface area contributed by atoms with E-state index in [9.17, 15) is 14.4 Å². The van der Waals surface area contributed by atoms with Crippen LogP contribution >= 0.6 is 0 Å². The van der Waals surface area contributed by atoms with Gasteiger partial charge in [0.2, 0.25) is 5.91 Å². The molecule has 0 radical (unpaired) electrons. The Morgan fingerprint density at radius 2 is 1.81 bits per heavy atom.